The Morgan fingerprint density at radius 3 is 2.63 bits per heavy atom. The van der Waals surface area contributed by atoms with E-state index in [-0.39, 0.29) is 22.8 Å². The van der Waals surface area contributed by atoms with Crippen LogP contribution in [0.4, 0.5) is 0 Å². The molecule has 0 saturated carbocycles. The van der Waals surface area contributed by atoms with Crippen molar-refractivity contribution in [3.05, 3.63) is 58.6 Å². The third-order valence-electron chi connectivity index (χ3n) is 4.11. The van der Waals surface area contributed by atoms with Crippen LogP contribution in [0.1, 0.15) is 15.9 Å². The SMILES string of the molecule is NC(=O)c1cc(Cl)ccc1OCc1cccc(S(=O)(=O)N2CCOCC2)c1. The van der Waals surface area contributed by atoms with E-state index in [2.05, 4.69) is 0 Å². The third-order valence-corrected chi connectivity index (χ3v) is 6.24. The van der Waals surface area contributed by atoms with Gasteiger partial charge in [0.2, 0.25) is 10.0 Å². The number of rotatable bonds is 6. The molecule has 1 heterocycles. The molecule has 0 radical (unpaired) electrons. The molecule has 1 fully saturated rings. The number of morpholine rings is 1. The minimum Gasteiger partial charge on any atom is -0.488 e. The predicted octanol–water partition coefficient (Wildman–Crippen LogP) is 2.04. The molecule has 1 aliphatic rings. The molecular formula is C18H19ClN2O5S. The van der Waals surface area contributed by atoms with E-state index in [4.69, 9.17) is 26.8 Å². The summed E-state index contributed by atoms with van der Waals surface area (Å²) in [6.45, 7) is 1.50. The maximum Gasteiger partial charge on any atom is 0.252 e. The summed E-state index contributed by atoms with van der Waals surface area (Å²) in [4.78, 5) is 11.7. The Bertz CT molecular complexity index is 943. The lowest BCUT2D eigenvalue weighted by molar-refractivity contribution is 0.0730. The molecule has 3 rings (SSSR count). The van der Waals surface area contributed by atoms with Crippen molar-refractivity contribution >= 4 is 27.5 Å². The molecule has 0 aromatic heterocycles. The highest BCUT2D eigenvalue weighted by Crippen LogP contribution is 2.24. The molecule has 0 aliphatic carbocycles. The summed E-state index contributed by atoms with van der Waals surface area (Å²) in [7, 11) is -3.59. The van der Waals surface area contributed by atoms with Crippen molar-refractivity contribution in [3.63, 3.8) is 0 Å². The van der Waals surface area contributed by atoms with Gasteiger partial charge in [-0.05, 0) is 35.9 Å². The second kappa shape index (κ2) is 8.26. The molecule has 0 unspecified atom stereocenters. The molecule has 7 nitrogen and oxygen atoms in total. The zero-order chi connectivity index (χ0) is 19.4. The van der Waals surface area contributed by atoms with Gasteiger partial charge in [0, 0.05) is 18.1 Å². The lowest BCUT2D eigenvalue weighted by Gasteiger charge is -2.26. The van der Waals surface area contributed by atoms with Crippen molar-refractivity contribution in [1.82, 2.24) is 4.31 Å². The molecule has 144 valence electrons. The summed E-state index contributed by atoms with van der Waals surface area (Å²) in [5, 5.41) is 0.370. The molecule has 2 N–H and O–H groups in total. The molecule has 9 heteroatoms. The van der Waals surface area contributed by atoms with Gasteiger partial charge in [-0.2, -0.15) is 4.31 Å². The summed E-state index contributed by atoms with van der Waals surface area (Å²) in [6.07, 6.45) is 0. The highest BCUT2D eigenvalue weighted by molar-refractivity contribution is 7.89. The second-order valence-electron chi connectivity index (χ2n) is 5.96. The number of sulfonamides is 1. The number of amides is 1. The highest BCUT2D eigenvalue weighted by atomic mass is 35.5. The molecule has 1 aliphatic heterocycles. The number of benzene rings is 2. The lowest BCUT2D eigenvalue weighted by Crippen LogP contribution is -2.40. The molecule has 2 aromatic carbocycles. The molecular weight excluding hydrogens is 392 g/mol. The second-order valence-corrected chi connectivity index (χ2v) is 8.33. The average molecular weight is 411 g/mol. The minimum absolute atomic E-state index is 0.0778. The van der Waals surface area contributed by atoms with Crippen molar-refractivity contribution in [3.8, 4) is 5.75 Å². The number of nitrogens with zero attached hydrogens (tertiary/aromatic N) is 1. The molecule has 2 aromatic rings. The van der Waals surface area contributed by atoms with E-state index in [9.17, 15) is 13.2 Å². The molecule has 0 atom stereocenters. The molecule has 0 spiro atoms. The zero-order valence-corrected chi connectivity index (χ0v) is 16.0. The smallest absolute Gasteiger partial charge is 0.252 e. The number of hydrogen-bond donors (Lipinski definition) is 1. The van der Waals surface area contributed by atoms with E-state index < -0.39 is 15.9 Å². The Hall–Kier alpha value is -2.13. The Morgan fingerprint density at radius 2 is 1.93 bits per heavy atom. The molecule has 1 amide bonds. The van der Waals surface area contributed by atoms with Crippen LogP contribution in [0.2, 0.25) is 5.02 Å². The number of ether oxygens (including phenoxy) is 2. The predicted molar refractivity (Wildman–Crippen MR) is 100 cm³/mol. The maximum atomic E-state index is 12.7. The molecule has 1 saturated heterocycles. The van der Waals surface area contributed by atoms with Crippen LogP contribution < -0.4 is 10.5 Å². The van der Waals surface area contributed by atoms with Crippen molar-refractivity contribution < 1.29 is 22.7 Å². The van der Waals surface area contributed by atoms with Gasteiger partial charge in [-0.25, -0.2) is 8.42 Å². The molecule has 0 bridgehead atoms. The van der Waals surface area contributed by atoms with Crippen LogP contribution in [0.5, 0.6) is 5.75 Å². The fourth-order valence-corrected chi connectivity index (χ4v) is 4.36. The number of halogens is 1. The maximum absolute atomic E-state index is 12.7. The highest BCUT2D eigenvalue weighted by Gasteiger charge is 2.26. The number of carbonyl (C=O) groups excluding carboxylic acids is 1. The fourth-order valence-electron chi connectivity index (χ4n) is 2.71. The van der Waals surface area contributed by atoms with Crippen molar-refractivity contribution in [1.29, 1.82) is 0 Å². The largest absolute Gasteiger partial charge is 0.488 e. The number of primary amides is 1. The topological polar surface area (TPSA) is 98.9 Å². The van der Waals surface area contributed by atoms with Crippen LogP contribution in [-0.4, -0.2) is 44.9 Å². The summed E-state index contributed by atoms with van der Waals surface area (Å²) in [5.41, 5.74) is 6.16. The lowest BCUT2D eigenvalue weighted by atomic mass is 10.2. The van der Waals surface area contributed by atoms with Crippen molar-refractivity contribution in [2.24, 2.45) is 5.73 Å². The van der Waals surface area contributed by atoms with Gasteiger partial charge < -0.3 is 15.2 Å². The summed E-state index contributed by atoms with van der Waals surface area (Å²) >= 11 is 5.88. The standard InChI is InChI=1S/C18H19ClN2O5S/c19-14-4-5-17(16(11-14)18(20)22)26-12-13-2-1-3-15(10-13)27(23,24)21-6-8-25-9-7-21/h1-5,10-11H,6-9,12H2,(H2,20,22). The monoisotopic (exact) mass is 410 g/mol. The van der Waals surface area contributed by atoms with Crippen molar-refractivity contribution in [2.75, 3.05) is 26.3 Å². The van der Waals surface area contributed by atoms with Gasteiger partial charge in [0.15, 0.2) is 0 Å². The Balaban J connectivity index is 1.78. The van der Waals surface area contributed by atoms with Gasteiger partial charge >= 0.3 is 0 Å². The van der Waals surface area contributed by atoms with E-state index in [1.165, 1.54) is 10.4 Å². The van der Waals surface area contributed by atoms with Crippen LogP contribution in [-0.2, 0) is 21.4 Å². The van der Waals surface area contributed by atoms with E-state index in [0.717, 1.165) is 0 Å². The van der Waals surface area contributed by atoms with E-state index in [1.807, 2.05) is 0 Å². The van der Waals surface area contributed by atoms with Crippen LogP contribution in [0.3, 0.4) is 0 Å². The van der Waals surface area contributed by atoms with Gasteiger partial charge in [0.05, 0.1) is 23.7 Å². The first-order valence-electron chi connectivity index (χ1n) is 8.27. The summed E-state index contributed by atoms with van der Waals surface area (Å²) in [5.74, 6) is -0.371. The first-order valence-corrected chi connectivity index (χ1v) is 10.1. The third kappa shape index (κ3) is 4.59. The van der Waals surface area contributed by atoms with Gasteiger partial charge in [-0.1, -0.05) is 23.7 Å². The van der Waals surface area contributed by atoms with Gasteiger partial charge in [-0.3, -0.25) is 4.79 Å². The van der Waals surface area contributed by atoms with Crippen LogP contribution in [0, 0.1) is 0 Å². The quantitative estimate of drug-likeness (QED) is 0.785. The Labute approximate surface area is 162 Å². The van der Waals surface area contributed by atoms with Gasteiger partial charge in [0.1, 0.15) is 12.4 Å². The van der Waals surface area contributed by atoms with Gasteiger partial charge in [0.25, 0.3) is 5.91 Å². The van der Waals surface area contributed by atoms with Gasteiger partial charge in [-0.15, -0.1) is 0 Å². The molecule has 27 heavy (non-hydrogen) atoms. The minimum atomic E-state index is -3.59. The first kappa shape index (κ1) is 19.6. The first-order chi connectivity index (χ1) is 12.9. The van der Waals surface area contributed by atoms with Crippen LogP contribution in [0.25, 0.3) is 0 Å². The van der Waals surface area contributed by atoms with Crippen LogP contribution in [0.15, 0.2) is 47.4 Å². The number of hydrogen-bond acceptors (Lipinski definition) is 5. The normalized spacial score (nSPS) is 15.4. The van der Waals surface area contributed by atoms with E-state index in [1.54, 1.807) is 36.4 Å². The number of nitrogens with two attached hydrogens (primary N) is 1. The Kier molecular flexibility index (Phi) is 6.01. The van der Waals surface area contributed by atoms with E-state index >= 15 is 0 Å². The summed E-state index contributed by atoms with van der Waals surface area (Å²) < 4.78 is 37.8. The fraction of sp³-hybridized carbons (Fsp3) is 0.278. The number of carbonyl (C=O) groups is 1. The zero-order valence-electron chi connectivity index (χ0n) is 14.4. The Morgan fingerprint density at radius 1 is 1.19 bits per heavy atom. The summed E-state index contributed by atoms with van der Waals surface area (Å²) in [6, 6.07) is 11.1. The van der Waals surface area contributed by atoms with Crippen molar-refractivity contribution in [2.45, 2.75) is 11.5 Å². The average Bonchev–Trinajstić information content (AvgIpc) is 2.68. The van der Waals surface area contributed by atoms with E-state index in [0.29, 0.717) is 36.9 Å². The van der Waals surface area contributed by atoms with Crippen LogP contribution >= 0.6 is 11.6 Å².